The van der Waals surface area contributed by atoms with Crippen LogP contribution in [0.2, 0.25) is 0 Å². The number of nitrogens with zero attached hydrogens (tertiary/aromatic N) is 2. The molecule has 2 rings (SSSR count). The van der Waals surface area contributed by atoms with E-state index in [-0.39, 0.29) is 0 Å². The van der Waals surface area contributed by atoms with E-state index in [0.717, 1.165) is 37.3 Å². The first-order chi connectivity index (χ1) is 10.3. The molecule has 1 atom stereocenters. The van der Waals surface area contributed by atoms with Crippen molar-refractivity contribution in [3.63, 3.8) is 0 Å². The largest absolute Gasteiger partial charge is 0.367 e. The van der Waals surface area contributed by atoms with Crippen molar-refractivity contribution in [2.75, 3.05) is 18.0 Å². The summed E-state index contributed by atoms with van der Waals surface area (Å²) in [6.45, 7) is 7.23. The highest BCUT2D eigenvalue weighted by Crippen LogP contribution is 2.29. The van der Waals surface area contributed by atoms with Crippen LogP contribution in [0.5, 0.6) is 0 Å². The van der Waals surface area contributed by atoms with Crippen molar-refractivity contribution in [1.82, 2.24) is 5.32 Å². The molecular formula is C18H27N3. The molecule has 1 aromatic carbocycles. The van der Waals surface area contributed by atoms with Crippen molar-refractivity contribution in [2.24, 2.45) is 0 Å². The molecule has 0 aromatic heterocycles. The summed E-state index contributed by atoms with van der Waals surface area (Å²) < 4.78 is 0. The summed E-state index contributed by atoms with van der Waals surface area (Å²) in [5.74, 6) is 0. The zero-order valence-corrected chi connectivity index (χ0v) is 13.4. The lowest BCUT2D eigenvalue weighted by molar-refractivity contribution is 0.556. The molecule has 1 unspecified atom stereocenters. The van der Waals surface area contributed by atoms with Gasteiger partial charge in [-0.05, 0) is 43.5 Å². The van der Waals surface area contributed by atoms with Gasteiger partial charge in [0.15, 0.2) is 0 Å². The molecule has 1 aromatic rings. The molecule has 3 nitrogen and oxygen atoms in total. The molecule has 1 fully saturated rings. The van der Waals surface area contributed by atoms with Gasteiger partial charge in [-0.1, -0.05) is 32.8 Å². The Bertz CT molecular complexity index is 490. The van der Waals surface area contributed by atoms with Crippen LogP contribution in [0.3, 0.4) is 0 Å². The second-order valence-electron chi connectivity index (χ2n) is 5.85. The average molecular weight is 285 g/mol. The SMILES string of the molecule is CCNCc1ccc(N2CCCCCC2CC)c(C#N)c1. The van der Waals surface area contributed by atoms with Crippen LogP contribution in [0.4, 0.5) is 5.69 Å². The fourth-order valence-electron chi connectivity index (χ4n) is 3.22. The van der Waals surface area contributed by atoms with Crippen LogP contribution in [-0.4, -0.2) is 19.1 Å². The molecule has 1 aliphatic rings. The standard InChI is InChI=1S/C18H27N3/c1-3-17-8-6-5-7-11-21(17)18-10-9-15(14-20-4-2)12-16(18)13-19/h9-10,12,17,20H,3-8,11,14H2,1-2H3. The van der Waals surface area contributed by atoms with Gasteiger partial charge in [0.25, 0.3) is 0 Å². The molecule has 0 spiro atoms. The monoisotopic (exact) mass is 285 g/mol. The van der Waals surface area contributed by atoms with Gasteiger partial charge in [0.2, 0.25) is 0 Å². The van der Waals surface area contributed by atoms with E-state index in [1.807, 2.05) is 0 Å². The smallest absolute Gasteiger partial charge is 0.101 e. The summed E-state index contributed by atoms with van der Waals surface area (Å²) in [5, 5.41) is 12.9. The Labute approximate surface area is 129 Å². The lowest BCUT2D eigenvalue weighted by atomic mass is 10.0. The third-order valence-electron chi connectivity index (χ3n) is 4.42. The highest BCUT2D eigenvalue weighted by atomic mass is 15.2. The van der Waals surface area contributed by atoms with Gasteiger partial charge in [-0.25, -0.2) is 0 Å². The van der Waals surface area contributed by atoms with Gasteiger partial charge in [-0.15, -0.1) is 0 Å². The fraction of sp³-hybridized carbons (Fsp3) is 0.611. The summed E-state index contributed by atoms with van der Waals surface area (Å²) >= 11 is 0. The molecule has 0 amide bonds. The first kappa shape index (κ1) is 15.9. The van der Waals surface area contributed by atoms with Crippen molar-refractivity contribution in [3.8, 4) is 6.07 Å². The third kappa shape index (κ3) is 3.98. The number of nitrogens with one attached hydrogen (secondary N) is 1. The number of rotatable bonds is 5. The third-order valence-corrected chi connectivity index (χ3v) is 4.42. The molecule has 0 radical (unpaired) electrons. The summed E-state index contributed by atoms with van der Waals surface area (Å²) in [4.78, 5) is 2.47. The molecule has 1 aliphatic heterocycles. The minimum Gasteiger partial charge on any atom is -0.367 e. The van der Waals surface area contributed by atoms with Gasteiger partial charge in [0.1, 0.15) is 6.07 Å². The van der Waals surface area contributed by atoms with Crippen LogP contribution in [0.1, 0.15) is 57.1 Å². The predicted octanol–water partition coefficient (Wildman–Crippen LogP) is 3.83. The topological polar surface area (TPSA) is 39.1 Å². The lowest BCUT2D eigenvalue weighted by Crippen LogP contribution is -2.35. The van der Waals surface area contributed by atoms with E-state index >= 15 is 0 Å². The van der Waals surface area contributed by atoms with Gasteiger partial charge in [-0.3, -0.25) is 0 Å². The first-order valence-corrected chi connectivity index (χ1v) is 8.30. The molecule has 0 saturated carbocycles. The van der Waals surface area contributed by atoms with Gasteiger partial charge in [0.05, 0.1) is 11.3 Å². The number of nitriles is 1. The minimum absolute atomic E-state index is 0.583. The maximum atomic E-state index is 9.53. The van der Waals surface area contributed by atoms with Crippen molar-refractivity contribution in [3.05, 3.63) is 29.3 Å². The van der Waals surface area contributed by atoms with E-state index in [9.17, 15) is 5.26 Å². The van der Waals surface area contributed by atoms with Crippen LogP contribution < -0.4 is 10.2 Å². The molecule has 1 saturated heterocycles. The number of benzene rings is 1. The highest BCUT2D eigenvalue weighted by molar-refractivity contribution is 5.61. The first-order valence-electron chi connectivity index (χ1n) is 8.30. The second kappa shape index (κ2) is 8.05. The minimum atomic E-state index is 0.583. The zero-order chi connectivity index (χ0) is 15.1. The average Bonchev–Trinajstić information content (AvgIpc) is 2.77. The molecule has 114 valence electrons. The maximum Gasteiger partial charge on any atom is 0.101 e. The lowest BCUT2D eigenvalue weighted by Gasteiger charge is -2.32. The van der Waals surface area contributed by atoms with Crippen LogP contribution >= 0.6 is 0 Å². The molecular weight excluding hydrogens is 258 g/mol. The van der Waals surface area contributed by atoms with Gasteiger partial charge >= 0.3 is 0 Å². The Hall–Kier alpha value is -1.53. The van der Waals surface area contributed by atoms with E-state index in [4.69, 9.17) is 0 Å². The Morgan fingerprint density at radius 3 is 2.86 bits per heavy atom. The highest BCUT2D eigenvalue weighted by Gasteiger charge is 2.22. The molecule has 3 heteroatoms. The van der Waals surface area contributed by atoms with Gasteiger partial charge in [0, 0.05) is 19.1 Å². The van der Waals surface area contributed by atoms with Crippen molar-refractivity contribution >= 4 is 5.69 Å². The second-order valence-corrected chi connectivity index (χ2v) is 5.85. The van der Waals surface area contributed by atoms with E-state index < -0.39 is 0 Å². The van der Waals surface area contributed by atoms with Crippen LogP contribution in [0, 0.1) is 11.3 Å². The number of hydrogen-bond acceptors (Lipinski definition) is 3. The molecule has 1 N–H and O–H groups in total. The van der Waals surface area contributed by atoms with E-state index in [1.165, 1.54) is 31.2 Å². The number of hydrogen-bond donors (Lipinski definition) is 1. The molecule has 21 heavy (non-hydrogen) atoms. The zero-order valence-electron chi connectivity index (χ0n) is 13.4. The summed E-state index contributed by atoms with van der Waals surface area (Å²) in [6, 6.07) is 9.35. The quantitative estimate of drug-likeness (QED) is 0.893. The Morgan fingerprint density at radius 2 is 2.14 bits per heavy atom. The Balaban J connectivity index is 2.26. The van der Waals surface area contributed by atoms with Gasteiger partial charge < -0.3 is 10.2 Å². The van der Waals surface area contributed by atoms with E-state index in [1.54, 1.807) is 0 Å². The van der Waals surface area contributed by atoms with E-state index in [0.29, 0.717) is 6.04 Å². The van der Waals surface area contributed by atoms with Crippen molar-refractivity contribution < 1.29 is 0 Å². The number of anilines is 1. The van der Waals surface area contributed by atoms with Crippen LogP contribution in [0.25, 0.3) is 0 Å². The predicted molar refractivity (Wildman–Crippen MR) is 88.4 cm³/mol. The summed E-state index contributed by atoms with van der Waals surface area (Å²) in [5.41, 5.74) is 3.15. The normalized spacial score (nSPS) is 19.1. The van der Waals surface area contributed by atoms with Crippen LogP contribution in [-0.2, 0) is 6.54 Å². The Kier molecular flexibility index (Phi) is 6.07. The molecule has 1 heterocycles. The van der Waals surface area contributed by atoms with Gasteiger partial charge in [-0.2, -0.15) is 5.26 Å². The Morgan fingerprint density at radius 1 is 1.29 bits per heavy atom. The molecule has 0 aliphatic carbocycles. The fourth-order valence-corrected chi connectivity index (χ4v) is 3.22. The van der Waals surface area contributed by atoms with E-state index in [2.05, 4.69) is 48.3 Å². The van der Waals surface area contributed by atoms with Crippen molar-refractivity contribution in [1.29, 1.82) is 5.26 Å². The summed E-state index contributed by atoms with van der Waals surface area (Å²) in [7, 11) is 0. The van der Waals surface area contributed by atoms with Crippen molar-refractivity contribution in [2.45, 2.75) is 58.5 Å². The maximum absolute atomic E-state index is 9.53. The van der Waals surface area contributed by atoms with Crippen LogP contribution in [0.15, 0.2) is 18.2 Å². The summed E-state index contributed by atoms with van der Waals surface area (Å²) in [6.07, 6.45) is 6.27. The molecule has 0 bridgehead atoms.